The molecular weight excluding hydrogens is 741 g/mol. The first-order valence-electron chi connectivity index (χ1n) is 24.8. The van der Waals surface area contributed by atoms with E-state index in [1.54, 1.807) is 0 Å². The van der Waals surface area contributed by atoms with Crippen LogP contribution >= 0.6 is 0 Å². The van der Waals surface area contributed by atoms with Crippen molar-refractivity contribution in [3.63, 3.8) is 0 Å². The van der Waals surface area contributed by atoms with Crippen molar-refractivity contribution >= 4 is 11.9 Å². The van der Waals surface area contributed by atoms with Gasteiger partial charge in [-0.3, -0.25) is 9.59 Å². The maximum atomic E-state index is 12.6. The van der Waals surface area contributed by atoms with E-state index in [4.69, 9.17) is 14.2 Å². The lowest BCUT2D eigenvalue weighted by atomic mass is 10.1. The molecule has 0 aromatic carbocycles. The number of esters is 2. The summed E-state index contributed by atoms with van der Waals surface area (Å²) in [6, 6.07) is 0. The molecule has 0 aliphatic carbocycles. The lowest BCUT2D eigenvalue weighted by Gasteiger charge is -2.18. The van der Waals surface area contributed by atoms with Gasteiger partial charge in [0.05, 0.1) is 6.61 Å². The summed E-state index contributed by atoms with van der Waals surface area (Å²) in [7, 11) is 0. The van der Waals surface area contributed by atoms with Gasteiger partial charge in [0.15, 0.2) is 6.10 Å². The summed E-state index contributed by atoms with van der Waals surface area (Å²) < 4.78 is 17.2. The predicted octanol–water partition coefficient (Wildman–Crippen LogP) is 16.7. The van der Waals surface area contributed by atoms with Crippen LogP contribution in [0.4, 0.5) is 0 Å². The molecule has 0 rings (SSSR count). The van der Waals surface area contributed by atoms with Gasteiger partial charge in [-0.2, -0.15) is 0 Å². The molecule has 60 heavy (non-hydrogen) atoms. The van der Waals surface area contributed by atoms with Crippen LogP contribution in [0.15, 0.2) is 97.2 Å². The van der Waals surface area contributed by atoms with Gasteiger partial charge >= 0.3 is 11.9 Å². The molecule has 342 valence electrons. The van der Waals surface area contributed by atoms with Crippen molar-refractivity contribution in [2.45, 2.75) is 219 Å². The maximum Gasteiger partial charge on any atom is 0.306 e. The van der Waals surface area contributed by atoms with Gasteiger partial charge in [-0.05, 0) is 103 Å². The molecule has 1 atom stereocenters. The van der Waals surface area contributed by atoms with Gasteiger partial charge in [0.25, 0.3) is 0 Å². The molecule has 1 unspecified atom stereocenters. The molecule has 0 fully saturated rings. The first-order chi connectivity index (χ1) is 29.6. The van der Waals surface area contributed by atoms with Crippen molar-refractivity contribution in [3.8, 4) is 0 Å². The topological polar surface area (TPSA) is 61.8 Å². The maximum absolute atomic E-state index is 12.6. The highest BCUT2D eigenvalue weighted by molar-refractivity contribution is 5.70. The minimum Gasteiger partial charge on any atom is -0.462 e. The highest BCUT2D eigenvalue weighted by Gasteiger charge is 2.17. The van der Waals surface area contributed by atoms with Crippen molar-refractivity contribution in [1.82, 2.24) is 0 Å². The van der Waals surface area contributed by atoms with E-state index in [1.165, 1.54) is 70.6 Å². The van der Waals surface area contributed by atoms with Gasteiger partial charge < -0.3 is 14.2 Å². The van der Waals surface area contributed by atoms with E-state index < -0.39 is 6.10 Å². The van der Waals surface area contributed by atoms with Crippen molar-refractivity contribution in [2.24, 2.45) is 0 Å². The van der Waals surface area contributed by atoms with Crippen LogP contribution in [-0.2, 0) is 23.8 Å². The lowest BCUT2D eigenvalue weighted by molar-refractivity contribution is -0.163. The second-order valence-corrected chi connectivity index (χ2v) is 16.0. The average molecular weight is 833 g/mol. The zero-order valence-corrected chi connectivity index (χ0v) is 39.2. The third-order valence-electron chi connectivity index (χ3n) is 10.1. The Morgan fingerprint density at radius 3 is 1.23 bits per heavy atom. The number of carbonyl (C=O) groups is 2. The fourth-order valence-electron chi connectivity index (χ4n) is 6.42. The number of hydrogen-bond acceptors (Lipinski definition) is 5. The fraction of sp³-hybridized carbons (Fsp3) is 0.673. The minimum absolute atomic E-state index is 0.0626. The Balaban J connectivity index is 4.13. The molecule has 0 spiro atoms. The highest BCUT2D eigenvalue weighted by atomic mass is 16.6. The Hall–Kier alpha value is -3.18. The molecule has 0 radical (unpaired) electrons. The first kappa shape index (κ1) is 56.8. The summed E-state index contributed by atoms with van der Waals surface area (Å²) in [5.74, 6) is -0.444. The largest absolute Gasteiger partial charge is 0.462 e. The van der Waals surface area contributed by atoms with E-state index in [9.17, 15) is 9.59 Å². The van der Waals surface area contributed by atoms with E-state index in [0.717, 1.165) is 109 Å². The van der Waals surface area contributed by atoms with Crippen LogP contribution in [-0.4, -0.2) is 37.9 Å². The third kappa shape index (κ3) is 47.5. The van der Waals surface area contributed by atoms with Crippen molar-refractivity contribution in [1.29, 1.82) is 0 Å². The van der Waals surface area contributed by atoms with Crippen LogP contribution in [0.1, 0.15) is 213 Å². The van der Waals surface area contributed by atoms with Gasteiger partial charge in [0.2, 0.25) is 0 Å². The fourth-order valence-corrected chi connectivity index (χ4v) is 6.42. The number of allylic oxidation sites excluding steroid dienone is 16. The molecule has 0 aromatic rings. The zero-order chi connectivity index (χ0) is 43.5. The normalized spacial score (nSPS) is 13.1. The van der Waals surface area contributed by atoms with Crippen LogP contribution in [0.2, 0.25) is 0 Å². The van der Waals surface area contributed by atoms with E-state index in [2.05, 4.69) is 118 Å². The first-order valence-corrected chi connectivity index (χ1v) is 24.8. The summed E-state index contributed by atoms with van der Waals surface area (Å²) in [6.07, 6.45) is 67.3. The molecule has 0 heterocycles. The Labute approximate surface area is 371 Å². The zero-order valence-electron chi connectivity index (χ0n) is 39.2. The molecular formula is C55H92O5. The van der Waals surface area contributed by atoms with Crippen LogP contribution in [0.25, 0.3) is 0 Å². The quantitative estimate of drug-likeness (QED) is 0.0348. The number of ether oxygens (including phenoxy) is 3. The molecule has 0 bridgehead atoms. The predicted molar refractivity (Wildman–Crippen MR) is 260 cm³/mol. The molecule has 5 heteroatoms. The molecule has 0 aliphatic heterocycles. The lowest BCUT2D eigenvalue weighted by Crippen LogP contribution is -2.30. The summed E-state index contributed by atoms with van der Waals surface area (Å²) in [4.78, 5) is 25.1. The van der Waals surface area contributed by atoms with Gasteiger partial charge in [-0.1, -0.05) is 195 Å². The van der Waals surface area contributed by atoms with Gasteiger partial charge in [0.1, 0.15) is 6.61 Å². The molecule has 0 saturated carbocycles. The van der Waals surface area contributed by atoms with E-state index >= 15 is 0 Å². The van der Waals surface area contributed by atoms with Crippen LogP contribution in [0, 0.1) is 0 Å². The number of rotatable bonds is 44. The second kappa shape index (κ2) is 50.2. The van der Waals surface area contributed by atoms with E-state index in [-0.39, 0.29) is 25.2 Å². The van der Waals surface area contributed by atoms with Crippen LogP contribution in [0.5, 0.6) is 0 Å². The number of unbranched alkanes of at least 4 members (excludes halogenated alkanes) is 17. The number of carbonyl (C=O) groups excluding carboxylic acids is 2. The Morgan fingerprint density at radius 1 is 0.383 bits per heavy atom. The van der Waals surface area contributed by atoms with Crippen LogP contribution < -0.4 is 0 Å². The molecule has 0 aliphatic rings. The van der Waals surface area contributed by atoms with Gasteiger partial charge in [-0.15, -0.1) is 0 Å². The second-order valence-electron chi connectivity index (χ2n) is 16.0. The van der Waals surface area contributed by atoms with Gasteiger partial charge in [0, 0.05) is 19.4 Å². The Kier molecular flexibility index (Phi) is 47.5. The molecule has 0 aromatic heterocycles. The smallest absolute Gasteiger partial charge is 0.306 e. The van der Waals surface area contributed by atoms with Crippen molar-refractivity contribution in [3.05, 3.63) is 97.2 Å². The SMILES string of the molecule is CC/C=C\C/C=C\C/C=C\C/C=C\C/C=C\CCCCCCOCC(COC(=O)CCCCCCCC/C=C\C/C=C\C/C=C\CCCCC)OC(=O)CCCCCCC. The summed E-state index contributed by atoms with van der Waals surface area (Å²) >= 11 is 0. The Bertz CT molecular complexity index is 1170. The summed E-state index contributed by atoms with van der Waals surface area (Å²) in [5, 5.41) is 0. The average Bonchev–Trinajstić information content (AvgIpc) is 3.25. The van der Waals surface area contributed by atoms with E-state index in [0.29, 0.717) is 19.4 Å². The molecule has 0 N–H and O–H groups in total. The Morgan fingerprint density at radius 2 is 0.750 bits per heavy atom. The third-order valence-corrected chi connectivity index (χ3v) is 10.1. The standard InChI is InChI=1S/C55H92O5/c1-4-7-10-13-15-17-19-21-23-25-27-29-31-33-35-37-39-41-44-47-50-58-51-53(60-55(57)49-46-42-12-9-6-3)52-59-54(56)48-45-43-40-38-36-34-32-30-28-26-24-22-20-18-16-14-11-8-5-2/h7,10,15-18,21-24,27-30,33,35,53H,4-6,8-9,11-14,19-20,25-26,31-32,34,36-52H2,1-3H3/b10-7-,17-15-,18-16-,23-21-,24-22-,29-27-,30-28-,35-33-. The van der Waals surface area contributed by atoms with Crippen molar-refractivity contribution in [2.75, 3.05) is 19.8 Å². The molecule has 0 saturated heterocycles. The van der Waals surface area contributed by atoms with Crippen molar-refractivity contribution < 1.29 is 23.8 Å². The molecule has 0 amide bonds. The summed E-state index contributed by atoms with van der Waals surface area (Å²) in [6.45, 7) is 7.53. The van der Waals surface area contributed by atoms with Gasteiger partial charge in [-0.25, -0.2) is 0 Å². The summed E-state index contributed by atoms with van der Waals surface area (Å²) in [5.41, 5.74) is 0. The molecule has 5 nitrogen and oxygen atoms in total. The minimum atomic E-state index is -0.556. The highest BCUT2D eigenvalue weighted by Crippen LogP contribution is 2.12. The monoisotopic (exact) mass is 833 g/mol. The van der Waals surface area contributed by atoms with E-state index in [1.807, 2.05) is 0 Å². The van der Waals surface area contributed by atoms with Crippen LogP contribution in [0.3, 0.4) is 0 Å². The number of hydrogen-bond donors (Lipinski definition) is 0.